The molecule has 0 spiro atoms. The summed E-state index contributed by atoms with van der Waals surface area (Å²) in [7, 11) is -3.01. The number of nitrogens with one attached hydrogen (secondary N) is 1. The van der Waals surface area contributed by atoms with Crippen LogP contribution in [0.5, 0.6) is 0 Å². The quantitative estimate of drug-likeness (QED) is 0.858. The standard InChI is InChI=1S/C17H20N2O4S/c20-15-4-3-12-9-13(8-11-2-1-6-19(15)16(11)12)17(21)18-14-5-7-24(22,23)10-14/h8-9,14H,1-7,10H2,(H,18,21). The maximum absolute atomic E-state index is 12.5. The summed E-state index contributed by atoms with van der Waals surface area (Å²) in [5.41, 5.74) is 3.67. The van der Waals surface area contributed by atoms with E-state index >= 15 is 0 Å². The van der Waals surface area contributed by atoms with E-state index in [-0.39, 0.29) is 29.4 Å². The van der Waals surface area contributed by atoms with Crippen molar-refractivity contribution >= 4 is 27.3 Å². The van der Waals surface area contributed by atoms with Crippen LogP contribution in [0.15, 0.2) is 12.1 Å². The average molecular weight is 348 g/mol. The van der Waals surface area contributed by atoms with Gasteiger partial charge >= 0.3 is 0 Å². The van der Waals surface area contributed by atoms with Crippen LogP contribution in [-0.2, 0) is 27.5 Å². The first-order valence-corrected chi connectivity index (χ1v) is 10.2. The molecular weight excluding hydrogens is 328 g/mol. The smallest absolute Gasteiger partial charge is 0.251 e. The van der Waals surface area contributed by atoms with Crippen LogP contribution in [-0.4, -0.2) is 44.3 Å². The normalized spacial score (nSPS) is 24.6. The maximum Gasteiger partial charge on any atom is 0.251 e. The number of anilines is 1. The van der Waals surface area contributed by atoms with Crippen LogP contribution in [0.3, 0.4) is 0 Å². The summed E-state index contributed by atoms with van der Waals surface area (Å²) in [5.74, 6) is 0.116. The molecule has 3 aliphatic rings. The van der Waals surface area contributed by atoms with E-state index in [9.17, 15) is 18.0 Å². The zero-order valence-electron chi connectivity index (χ0n) is 13.4. The second-order valence-corrected chi connectivity index (χ2v) is 9.09. The molecule has 1 saturated heterocycles. The number of carbonyl (C=O) groups excluding carboxylic acids is 2. The minimum Gasteiger partial charge on any atom is -0.348 e. The molecule has 0 aliphatic carbocycles. The molecule has 1 unspecified atom stereocenters. The van der Waals surface area contributed by atoms with Crippen molar-refractivity contribution in [2.24, 2.45) is 0 Å². The third-order valence-electron chi connectivity index (χ3n) is 5.10. The van der Waals surface area contributed by atoms with E-state index in [1.54, 1.807) is 0 Å². The molecule has 7 heteroatoms. The number of rotatable bonds is 2. The number of aryl methyl sites for hydroxylation is 2. The molecule has 3 aliphatic heterocycles. The van der Waals surface area contributed by atoms with Crippen LogP contribution < -0.4 is 10.2 Å². The summed E-state index contributed by atoms with van der Waals surface area (Å²) in [6.07, 6.45) is 3.40. The van der Waals surface area contributed by atoms with Gasteiger partial charge < -0.3 is 10.2 Å². The fourth-order valence-corrected chi connectivity index (χ4v) is 5.64. The van der Waals surface area contributed by atoms with Gasteiger partial charge in [-0.2, -0.15) is 0 Å². The highest BCUT2D eigenvalue weighted by atomic mass is 32.2. The van der Waals surface area contributed by atoms with E-state index in [2.05, 4.69) is 5.32 Å². The number of hydrogen-bond acceptors (Lipinski definition) is 4. The Balaban J connectivity index is 1.61. The number of sulfone groups is 1. The predicted octanol–water partition coefficient (Wildman–Crippen LogP) is 0.829. The molecular formula is C17H20N2O4S. The van der Waals surface area contributed by atoms with Gasteiger partial charge in [-0.15, -0.1) is 0 Å². The molecule has 4 rings (SSSR count). The zero-order valence-corrected chi connectivity index (χ0v) is 14.2. The van der Waals surface area contributed by atoms with Crippen molar-refractivity contribution in [3.63, 3.8) is 0 Å². The number of benzene rings is 1. The summed E-state index contributed by atoms with van der Waals surface area (Å²) < 4.78 is 23.1. The summed E-state index contributed by atoms with van der Waals surface area (Å²) in [6.45, 7) is 0.754. The van der Waals surface area contributed by atoms with E-state index in [1.807, 2.05) is 17.0 Å². The minimum atomic E-state index is -3.01. The second-order valence-electron chi connectivity index (χ2n) is 6.87. The van der Waals surface area contributed by atoms with Crippen LogP contribution in [0, 0.1) is 0 Å². The highest BCUT2D eigenvalue weighted by molar-refractivity contribution is 7.91. The van der Waals surface area contributed by atoms with Crippen molar-refractivity contribution in [1.82, 2.24) is 5.32 Å². The Morgan fingerprint density at radius 3 is 2.62 bits per heavy atom. The second kappa shape index (κ2) is 5.58. The summed E-state index contributed by atoms with van der Waals surface area (Å²) in [6, 6.07) is 3.43. The van der Waals surface area contributed by atoms with Gasteiger partial charge in [-0.05, 0) is 48.9 Å². The van der Waals surface area contributed by atoms with Crippen LogP contribution in [0.1, 0.15) is 40.7 Å². The molecule has 0 radical (unpaired) electrons. The summed E-state index contributed by atoms with van der Waals surface area (Å²) >= 11 is 0. The molecule has 3 heterocycles. The lowest BCUT2D eigenvalue weighted by molar-refractivity contribution is -0.119. The van der Waals surface area contributed by atoms with Crippen LogP contribution in [0.4, 0.5) is 5.69 Å². The Labute approximate surface area is 141 Å². The lowest BCUT2D eigenvalue weighted by Crippen LogP contribution is -2.40. The van der Waals surface area contributed by atoms with Crippen molar-refractivity contribution in [3.8, 4) is 0 Å². The van der Waals surface area contributed by atoms with Gasteiger partial charge in [-0.1, -0.05) is 0 Å². The Kier molecular flexibility index (Phi) is 3.63. The third-order valence-corrected chi connectivity index (χ3v) is 6.87. The average Bonchev–Trinajstić information content (AvgIpc) is 2.89. The first-order chi connectivity index (χ1) is 11.4. The number of amides is 2. The Morgan fingerprint density at radius 1 is 1.17 bits per heavy atom. The minimum absolute atomic E-state index is 0.0266. The lowest BCUT2D eigenvalue weighted by Gasteiger charge is -2.35. The van der Waals surface area contributed by atoms with E-state index in [4.69, 9.17) is 0 Å². The highest BCUT2D eigenvalue weighted by Crippen LogP contribution is 2.36. The molecule has 1 atom stereocenters. The third kappa shape index (κ3) is 2.70. The summed E-state index contributed by atoms with van der Waals surface area (Å²) in [5, 5.41) is 2.85. The largest absolute Gasteiger partial charge is 0.348 e. The number of nitrogens with zero attached hydrogens (tertiary/aromatic N) is 1. The molecule has 0 aromatic heterocycles. The molecule has 24 heavy (non-hydrogen) atoms. The van der Waals surface area contributed by atoms with Gasteiger partial charge in [0.05, 0.1) is 17.2 Å². The zero-order chi connectivity index (χ0) is 16.9. The topological polar surface area (TPSA) is 83.5 Å². The summed E-state index contributed by atoms with van der Waals surface area (Å²) in [4.78, 5) is 26.5. The molecule has 0 bridgehead atoms. The first kappa shape index (κ1) is 15.6. The van der Waals surface area contributed by atoms with Gasteiger partial charge in [0.1, 0.15) is 0 Å². The first-order valence-electron chi connectivity index (χ1n) is 8.40. The van der Waals surface area contributed by atoms with Gasteiger partial charge in [0.15, 0.2) is 9.84 Å². The number of carbonyl (C=O) groups is 2. The van der Waals surface area contributed by atoms with E-state index in [0.29, 0.717) is 24.8 Å². The highest BCUT2D eigenvalue weighted by Gasteiger charge is 2.32. The molecule has 1 aromatic carbocycles. The fraction of sp³-hybridized carbons (Fsp3) is 0.529. The maximum atomic E-state index is 12.5. The Morgan fingerprint density at radius 2 is 1.92 bits per heavy atom. The van der Waals surface area contributed by atoms with Crippen LogP contribution in [0.2, 0.25) is 0 Å². The van der Waals surface area contributed by atoms with Gasteiger partial charge in [-0.3, -0.25) is 9.59 Å². The van der Waals surface area contributed by atoms with Crippen molar-refractivity contribution in [3.05, 3.63) is 28.8 Å². The van der Waals surface area contributed by atoms with Gasteiger partial charge in [-0.25, -0.2) is 8.42 Å². The van der Waals surface area contributed by atoms with Gasteiger partial charge in [0.2, 0.25) is 5.91 Å². The van der Waals surface area contributed by atoms with E-state index < -0.39 is 9.84 Å². The predicted molar refractivity (Wildman–Crippen MR) is 90.0 cm³/mol. The molecule has 0 saturated carbocycles. The monoisotopic (exact) mass is 348 g/mol. The van der Waals surface area contributed by atoms with Crippen LogP contribution >= 0.6 is 0 Å². The van der Waals surface area contributed by atoms with Crippen molar-refractivity contribution < 1.29 is 18.0 Å². The Bertz CT molecular complexity index is 814. The molecule has 1 aromatic rings. The molecule has 1 fully saturated rings. The lowest BCUT2D eigenvalue weighted by atomic mass is 9.89. The van der Waals surface area contributed by atoms with Crippen molar-refractivity contribution in [2.75, 3.05) is 23.0 Å². The SMILES string of the molecule is O=C(NC1CCS(=O)(=O)C1)c1cc2c3c(c1)CCC(=O)N3CCC2. The molecule has 1 N–H and O–H groups in total. The molecule has 2 amide bonds. The van der Waals surface area contributed by atoms with E-state index in [1.165, 1.54) is 0 Å². The van der Waals surface area contributed by atoms with Crippen LogP contribution in [0.25, 0.3) is 0 Å². The number of hydrogen-bond donors (Lipinski definition) is 1. The van der Waals surface area contributed by atoms with Crippen molar-refractivity contribution in [2.45, 2.75) is 38.1 Å². The van der Waals surface area contributed by atoms with E-state index in [0.717, 1.165) is 36.2 Å². The fourth-order valence-electron chi connectivity index (χ4n) is 3.96. The Hall–Kier alpha value is -1.89. The van der Waals surface area contributed by atoms with Crippen molar-refractivity contribution in [1.29, 1.82) is 0 Å². The van der Waals surface area contributed by atoms with Gasteiger partial charge in [0.25, 0.3) is 5.91 Å². The molecule has 128 valence electrons. The molecule has 6 nitrogen and oxygen atoms in total. The van der Waals surface area contributed by atoms with Gasteiger partial charge in [0, 0.05) is 24.6 Å².